The maximum Gasteiger partial charge on any atom is 0.339 e. The van der Waals surface area contributed by atoms with Gasteiger partial charge in [0.1, 0.15) is 0 Å². The fourth-order valence-corrected chi connectivity index (χ4v) is 2.21. The van der Waals surface area contributed by atoms with Crippen molar-refractivity contribution in [2.75, 3.05) is 11.9 Å². The molecule has 6 heteroatoms. The summed E-state index contributed by atoms with van der Waals surface area (Å²) in [5.41, 5.74) is 1.90. The summed E-state index contributed by atoms with van der Waals surface area (Å²) in [4.78, 5) is 23.2. The van der Waals surface area contributed by atoms with Crippen molar-refractivity contribution in [3.8, 4) is 6.07 Å². The fraction of sp³-hybridized carbons (Fsp3) is 0.133. The summed E-state index contributed by atoms with van der Waals surface area (Å²) >= 11 is 1.39. The predicted molar refractivity (Wildman–Crippen MR) is 79.0 cm³/mol. The summed E-state index contributed by atoms with van der Waals surface area (Å²) in [7, 11) is 0. The topological polar surface area (TPSA) is 79.2 Å². The average molecular weight is 300 g/mol. The summed E-state index contributed by atoms with van der Waals surface area (Å²) in [6, 6.07) is 10.6. The van der Waals surface area contributed by atoms with Gasteiger partial charge in [0.15, 0.2) is 6.61 Å². The molecular formula is C15H12N2O3S. The van der Waals surface area contributed by atoms with E-state index >= 15 is 0 Å². The highest BCUT2D eigenvalue weighted by molar-refractivity contribution is 7.08. The zero-order chi connectivity index (χ0) is 15.1. The molecule has 106 valence electrons. The van der Waals surface area contributed by atoms with Gasteiger partial charge in [0.25, 0.3) is 5.91 Å². The molecule has 0 fully saturated rings. The lowest BCUT2D eigenvalue weighted by Crippen LogP contribution is -2.20. The van der Waals surface area contributed by atoms with Gasteiger partial charge in [0.05, 0.1) is 18.1 Å². The van der Waals surface area contributed by atoms with E-state index in [0.29, 0.717) is 17.7 Å². The summed E-state index contributed by atoms with van der Waals surface area (Å²) in [5.74, 6) is -0.928. The Morgan fingerprint density at radius 1 is 1.24 bits per heavy atom. The van der Waals surface area contributed by atoms with Crippen LogP contribution in [0.1, 0.15) is 15.9 Å². The second-order valence-corrected chi connectivity index (χ2v) is 4.95. The summed E-state index contributed by atoms with van der Waals surface area (Å²) < 4.78 is 4.90. The van der Waals surface area contributed by atoms with Gasteiger partial charge in [-0.05, 0) is 29.1 Å². The third kappa shape index (κ3) is 4.44. The summed E-state index contributed by atoms with van der Waals surface area (Å²) in [6.45, 7) is -0.339. The number of nitrogens with one attached hydrogen (secondary N) is 1. The van der Waals surface area contributed by atoms with Crippen LogP contribution in [0.25, 0.3) is 0 Å². The van der Waals surface area contributed by atoms with Crippen molar-refractivity contribution in [1.82, 2.24) is 0 Å². The first-order valence-electron chi connectivity index (χ1n) is 6.14. The molecule has 1 aromatic carbocycles. The van der Waals surface area contributed by atoms with Gasteiger partial charge < -0.3 is 10.1 Å². The van der Waals surface area contributed by atoms with Gasteiger partial charge in [-0.2, -0.15) is 16.6 Å². The largest absolute Gasteiger partial charge is 0.452 e. The lowest BCUT2D eigenvalue weighted by atomic mass is 10.1. The number of carbonyl (C=O) groups excluding carboxylic acids is 2. The Morgan fingerprint density at radius 2 is 2.00 bits per heavy atom. The van der Waals surface area contributed by atoms with Crippen LogP contribution in [0.15, 0.2) is 41.1 Å². The predicted octanol–water partition coefficient (Wildman–Crippen LogP) is 2.61. The molecule has 1 aromatic heterocycles. The number of rotatable bonds is 5. The number of thiophene rings is 1. The molecule has 0 aliphatic carbocycles. The van der Waals surface area contributed by atoms with Gasteiger partial charge in [-0.1, -0.05) is 12.1 Å². The number of carbonyl (C=O) groups is 2. The minimum atomic E-state index is -0.518. The van der Waals surface area contributed by atoms with E-state index < -0.39 is 11.9 Å². The van der Waals surface area contributed by atoms with Crippen LogP contribution in [-0.4, -0.2) is 18.5 Å². The first kappa shape index (κ1) is 14.8. The maximum absolute atomic E-state index is 11.7. The first-order valence-corrected chi connectivity index (χ1v) is 7.08. The number of hydrogen-bond acceptors (Lipinski definition) is 5. The zero-order valence-corrected chi connectivity index (χ0v) is 11.9. The lowest BCUT2D eigenvalue weighted by molar-refractivity contribution is -0.119. The molecule has 1 heterocycles. The second-order valence-electron chi connectivity index (χ2n) is 4.17. The van der Waals surface area contributed by atoms with Crippen LogP contribution in [0.4, 0.5) is 5.69 Å². The van der Waals surface area contributed by atoms with Crippen LogP contribution in [0, 0.1) is 11.3 Å². The molecule has 21 heavy (non-hydrogen) atoms. The van der Waals surface area contributed by atoms with Crippen LogP contribution in [0.2, 0.25) is 0 Å². The molecule has 2 rings (SSSR count). The van der Waals surface area contributed by atoms with Gasteiger partial charge >= 0.3 is 5.97 Å². The van der Waals surface area contributed by atoms with Crippen molar-refractivity contribution in [3.05, 3.63) is 52.2 Å². The SMILES string of the molecule is N#CCc1ccc(NC(=O)COC(=O)c2ccsc2)cc1. The maximum atomic E-state index is 11.7. The molecule has 0 aliphatic rings. The van der Waals surface area contributed by atoms with Gasteiger partial charge in [0.2, 0.25) is 0 Å². The van der Waals surface area contributed by atoms with Gasteiger partial charge in [0, 0.05) is 11.1 Å². The van der Waals surface area contributed by atoms with E-state index in [1.807, 2.05) is 6.07 Å². The van der Waals surface area contributed by atoms with Crippen LogP contribution in [0.5, 0.6) is 0 Å². The summed E-state index contributed by atoms with van der Waals surface area (Å²) in [5, 5.41) is 14.6. The van der Waals surface area contributed by atoms with E-state index in [0.717, 1.165) is 5.56 Å². The van der Waals surface area contributed by atoms with Crippen molar-refractivity contribution in [3.63, 3.8) is 0 Å². The molecule has 0 unspecified atom stereocenters. The Kier molecular flexibility index (Phi) is 5.07. The number of ether oxygens (including phenoxy) is 1. The normalized spacial score (nSPS) is 9.67. The van der Waals surface area contributed by atoms with Crippen molar-refractivity contribution in [2.45, 2.75) is 6.42 Å². The zero-order valence-electron chi connectivity index (χ0n) is 11.0. The van der Waals surface area contributed by atoms with Gasteiger partial charge in [-0.25, -0.2) is 4.79 Å². The Morgan fingerprint density at radius 3 is 2.62 bits per heavy atom. The molecule has 0 bridgehead atoms. The van der Waals surface area contributed by atoms with Crippen molar-refractivity contribution >= 4 is 28.9 Å². The van der Waals surface area contributed by atoms with E-state index in [1.54, 1.807) is 41.1 Å². The van der Waals surface area contributed by atoms with Crippen molar-refractivity contribution < 1.29 is 14.3 Å². The average Bonchev–Trinajstić information content (AvgIpc) is 3.01. The Labute approximate surface area is 125 Å². The van der Waals surface area contributed by atoms with Gasteiger partial charge in [-0.15, -0.1) is 0 Å². The number of nitrogens with zero attached hydrogens (tertiary/aromatic N) is 1. The number of hydrogen-bond donors (Lipinski definition) is 1. The molecule has 1 N–H and O–H groups in total. The van der Waals surface area contributed by atoms with Crippen LogP contribution in [-0.2, 0) is 16.0 Å². The molecule has 1 amide bonds. The van der Waals surface area contributed by atoms with Crippen LogP contribution < -0.4 is 5.32 Å². The van der Waals surface area contributed by atoms with E-state index in [4.69, 9.17) is 10.00 Å². The molecule has 0 spiro atoms. The van der Waals surface area contributed by atoms with E-state index in [-0.39, 0.29) is 6.61 Å². The Hall–Kier alpha value is -2.65. The highest BCUT2D eigenvalue weighted by Gasteiger charge is 2.10. The Balaban J connectivity index is 1.82. The molecule has 0 saturated heterocycles. The minimum absolute atomic E-state index is 0.326. The number of amides is 1. The smallest absolute Gasteiger partial charge is 0.339 e. The fourth-order valence-electron chi connectivity index (χ4n) is 1.59. The number of benzene rings is 1. The molecule has 2 aromatic rings. The highest BCUT2D eigenvalue weighted by atomic mass is 32.1. The molecule has 0 saturated carbocycles. The van der Waals surface area contributed by atoms with E-state index in [1.165, 1.54) is 11.3 Å². The monoisotopic (exact) mass is 300 g/mol. The molecule has 0 atom stereocenters. The molecule has 5 nitrogen and oxygen atoms in total. The van der Waals surface area contributed by atoms with E-state index in [2.05, 4.69) is 5.32 Å². The van der Waals surface area contributed by atoms with Crippen molar-refractivity contribution in [2.24, 2.45) is 0 Å². The third-order valence-electron chi connectivity index (χ3n) is 2.61. The number of nitriles is 1. The Bertz CT molecular complexity index is 657. The molecule has 0 aliphatic heterocycles. The highest BCUT2D eigenvalue weighted by Crippen LogP contribution is 2.10. The quantitative estimate of drug-likeness (QED) is 0.861. The summed E-state index contributed by atoms with van der Waals surface area (Å²) in [6.07, 6.45) is 0.326. The second kappa shape index (κ2) is 7.22. The molecule has 0 radical (unpaired) electrons. The lowest BCUT2D eigenvalue weighted by Gasteiger charge is -2.06. The van der Waals surface area contributed by atoms with E-state index in [9.17, 15) is 9.59 Å². The van der Waals surface area contributed by atoms with Gasteiger partial charge in [-0.3, -0.25) is 4.79 Å². The van der Waals surface area contributed by atoms with Crippen molar-refractivity contribution in [1.29, 1.82) is 5.26 Å². The first-order chi connectivity index (χ1) is 10.2. The number of anilines is 1. The number of esters is 1. The van der Waals surface area contributed by atoms with Crippen LogP contribution in [0.3, 0.4) is 0 Å². The third-order valence-corrected chi connectivity index (χ3v) is 3.30. The standard InChI is InChI=1S/C15H12N2O3S/c16-7-5-11-1-3-13(4-2-11)17-14(18)9-20-15(19)12-6-8-21-10-12/h1-4,6,8,10H,5,9H2,(H,17,18). The van der Waals surface area contributed by atoms with Crippen LogP contribution >= 0.6 is 11.3 Å². The molecular weight excluding hydrogens is 288 g/mol. The minimum Gasteiger partial charge on any atom is -0.452 e.